The SMILES string of the molecule is COc1ccc2c(c1OC)C(=O)N1c3ccccc3-c3nc(=O)c(-c4ccc(C)cc4)nn3[C@H]21. The molecule has 0 unspecified atom stereocenters. The second kappa shape index (κ2) is 7.28. The molecule has 1 aromatic heterocycles. The van der Waals surface area contributed by atoms with Crippen molar-refractivity contribution in [2.45, 2.75) is 13.1 Å². The summed E-state index contributed by atoms with van der Waals surface area (Å²) in [5.74, 6) is 1.01. The van der Waals surface area contributed by atoms with Crippen LogP contribution in [0.4, 0.5) is 5.69 Å². The molecule has 3 aromatic carbocycles. The van der Waals surface area contributed by atoms with E-state index < -0.39 is 11.7 Å². The molecular formula is C26H20N4O4. The number of hydrogen-bond donors (Lipinski definition) is 0. The standard InChI is InChI=1S/C26H20N4O4/c1-14-8-10-15(11-9-14)21-24(31)27-23-16-6-4-5-7-18(16)29-25(30(23)28-21)17-12-13-19(33-2)22(34-3)20(17)26(29)32/h4-13,25H,1-3H3/t25-/m1/s1. The van der Waals surface area contributed by atoms with Gasteiger partial charge in [0.2, 0.25) is 0 Å². The molecule has 8 nitrogen and oxygen atoms in total. The minimum absolute atomic E-state index is 0.226. The fourth-order valence-corrected chi connectivity index (χ4v) is 4.75. The van der Waals surface area contributed by atoms with Crippen molar-refractivity contribution in [3.05, 3.63) is 87.7 Å². The lowest BCUT2D eigenvalue weighted by Crippen LogP contribution is -2.39. The van der Waals surface area contributed by atoms with E-state index in [1.165, 1.54) is 14.2 Å². The summed E-state index contributed by atoms with van der Waals surface area (Å²) >= 11 is 0. The Kier molecular flexibility index (Phi) is 4.32. The second-order valence-electron chi connectivity index (χ2n) is 8.23. The fraction of sp³-hybridized carbons (Fsp3) is 0.154. The molecule has 0 fully saturated rings. The van der Waals surface area contributed by atoms with E-state index in [-0.39, 0.29) is 11.6 Å². The summed E-state index contributed by atoms with van der Waals surface area (Å²) in [5, 5.41) is 4.76. The number of nitrogens with zero attached hydrogens (tertiary/aromatic N) is 4. The van der Waals surface area contributed by atoms with Crippen LogP contribution in [0.5, 0.6) is 11.5 Å². The number of aryl methyl sites for hydroxylation is 1. The van der Waals surface area contributed by atoms with E-state index in [2.05, 4.69) is 4.98 Å². The molecule has 1 atom stereocenters. The first-order chi connectivity index (χ1) is 16.5. The van der Waals surface area contributed by atoms with Gasteiger partial charge in [0.1, 0.15) is 0 Å². The number of carbonyl (C=O) groups excluding carboxylic acids is 1. The van der Waals surface area contributed by atoms with Crippen LogP contribution in [0.2, 0.25) is 0 Å². The molecule has 0 spiro atoms. The van der Waals surface area contributed by atoms with Crippen molar-refractivity contribution in [2.24, 2.45) is 0 Å². The van der Waals surface area contributed by atoms with Gasteiger partial charge in [-0.15, -0.1) is 0 Å². The second-order valence-corrected chi connectivity index (χ2v) is 8.23. The number of fused-ring (bicyclic) bond motifs is 8. The van der Waals surface area contributed by atoms with Crippen molar-refractivity contribution in [3.8, 4) is 34.1 Å². The molecule has 168 valence electrons. The van der Waals surface area contributed by atoms with Crippen molar-refractivity contribution in [2.75, 3.05) is 19.1 Å². The fourth-order valence-electron chi connectivity index (χ4n) is 4.75. The summed E-state index contributed by atoms with van der Waals surface area (Å²) < 4.78 is 12.7. The van der Waals surface area contributed by atoms with Crippen molar-refractivity contribution >= 4 is 11.6 Å². The molecular weight excluding hydrogens is 432 g/mol. The van der Waals surface area contributed by atoms with Crippen LogP contribution < -0.4 is 19.9 Å². The lowest BCUT2D eigenvalue weighted by atomic mass is 10.0. The van der Waals surface area contributed by atoms with E-state index >= 15 is 0 Å². The van der Waals surface area contributed by atoms with E-state index in [1.807, 2.05) is 61.5 Å². The molecule has 0 N–H and O–H groups in total. The molecule has 0 saturated carbocycles. The minimum atomic E-state index is -0.621. The third-order valence-electron chi connectivity index (χ3n) is 6.33. The maximum atomic E-state index is 13.8. The normalized spacial score (nSPS) is 15.3. The summed E-state index contributed by atoms with van der Waals surface area (Å²) in [6.07, 6.45) is -0.621. The molecule has 0 bridgehead atoms. The van der Waals surface area contributed by atoms with Gasteiger partial charge in [0.05, 0.1) is 25.5 Å². The number of rotatable bonds is 3. The molecule has 2 aliphatic rings. The minimum Gasteiger partial charge on any atom is -0.493 e. The highest BCUT2D eigenvalue weighted by Crippen LogP contribution is 2.50. The van der Waals surface area contributed by atoms with E-state index in [1.54, 1.807) is 15.6 Å². The number of anilines is 1. The maximum Gasteiger partial charge on any atom is 0.300 e. The van der Waals surface area contributed by atoms with Gasteiger partial charge in [-0.05, 0) is 25.1 Å². The first-order valence-electron chi connectivity index (χ1n) is 10.8. The molecule has 1 amide bonds. The predicted octanol–water partition coefficient (Wildman–Crippen LogP) is 3.82. The maximum absolute atomic E-state index is 13.8. The van der Waals surface area contributed by atoms with Gasteiger partial charge in [-0.1, -0.05) is 48.0 Å². The summed E-state index contributed by atoms with van der Waals surface area (Å²) in [4.78, 5) is 33.0. The number of para-hydroxylation sites is 1. The monoisotopic (exact) mass is 452 g/mol. The van der Waals surface area contributed by atoms with Gasteiger partial charge in [0.25, 0.3) is 11.5 Å². The van der Waals surface area contributed by atoms with Crippen LogP contribution in [0.3, 0.4) is 0 Å². The third-order valence-corrected chi connectivity index (χ3v) is 6.33. The van der Waals surface area contributed by atoms with Crippen LogP contribution in [-0.2, 0) is 0 Å². The van der Waals surface area contributed by atoms with Crippen LogP contribution in [0.25, 0.3) is 22.6 Å². The van der Waals surface area contributed by atoms with Crippen LogP contribution >= 0.6 is 0 Å². The molecule has 0 aliphatic carbocycles. The van der Waals surface area contributed by atoms with Gasteiger partial charge < -0.3 is 9.47 Å². The number of carbonyl (C=O) groups is 1. The first kappa shape index (κ1) is 20.2. The van der Waals surface area contributed by atoms with Crippen LogP contribution in [-0.4, -0.2) is 34.9 Å². The van der Waals surface area contributed by atoms with Crippen molar-refractivity contribution < 1.29 is 14.3 Å². The average molecular weight is 452 g/mol. The lowest BCUT2D eigenvalue weighted by Gasteiger charge is -2.34. The zero-order chi connectivity index (χ0) is 23.6. The molecule has 6 rings (SSSR count). The highest BCUT2D eigenvalue weighted by atomic mass is 16.5. The Labute approximate surface area is 195 Å². The van der Waals surface area contributed by atoms with E-state index in [4.69, 9.17) is 14.6 Å². The summed E-state index contributed by atoms with van der Waals surface area (Å²) in [6.45, 7) is 1.98. The molecule has 3 heterocycles. The largest absolute Gasteiger partial charge is 0.493 e. The Morgan fingerprint density at radius 1 is 0.912 bits per heavy atom. The first-order valence-corrected chi connectivity index (χ1v) is 10.8. The zero-order valence-electron chi connectivity index (χ0n) is 18.8. The third kappa shape index (κ3) is 2.65. The van der Waals surface area contributed by atoms with E-state index in [9.17, 15) is 9.59 Å². The highest BCUT2D eigenvalue weighted by molar-refractivity contribution is 6.15. The summed E-state index contributed by atoms with van der Waals surface area (Å²) in [7, 11) is 3.04. The number of hydrogen-bond acceptors (Lipinski definition) is 6. The Morgan fingerprint density at radius 3 is 2.41 bits per heavy atom. The van der Waals surface area contributed by atoms with Gasteiger partial charge in [0.15, 0.2) is 29.2 Å². The van der Waals surface area contributed by atoms with Crippen molar-refractivity contribution in [3.63, 3.8) is 0 Å². The summed E-state index contributed by atoms with van der Waals surface area (Å²) in [5.41, 5.74) is 3.97. The molecule has 0 saturated heterocycles. The number of amides is 1. The lowest BCUT2D eigenvalue weighted by molar-refractivity contribution is 0.0983. The predicted molar refractivity (Wildman–Crippen MR) is 126 cm³/mol. The highest BCUT2D eigenvalue weighted by Gasteiger charge is 2.47. The average Bonchev–Trinajstić information content (AvgIpc) is 3.16. The van der Waals surface area contributed by atoms with Crippen LogP contribution in [0.1, 0.15) is 27.7 Å². The number of methoxy groups -OCH3 is 2. The molecule has 4 aromatic rings. The van der Waals surface area contributed by atoms with Crippen LogP contribution in [0, 0.1) is 6.92 Å². The molecule has 0 radical (unpaired) electrons. The quantitative estimate of drug-likeness (QED) is 0.470. The Bertz CT molecular complexity index is 1540. The number of benzene rings is 3. The number of ether oxygens (including phenoxy) is 2. The smallest absolute Gasteiger partial charge is 0.300 e. The van der Waals surface area contributed by atoms with E-state index in [0.717, 1.165) is 5.56 Å². The zero-order valence-corrected chi connectivity index (χ0v) is 18.8. The van der Waals surface area contributed by atoms with Gasteiger partial charge in [-0.3, -0.25) is 14.5 Å². The number of aromatic nitrogens is 3. The van der Waals surface area contributed by atoms with Crippen LogP contribution in [0.15, 0.2) is 65.5 Å². The van der Waals surface area contributed by atoms with Gasteiger partial charge in [0, 0.05) is 16.7 Å². The molecule has 34 heavy (non-hydrogen) atoms. The van der Waals surface area contributed by atoms with Gasteiger partial charge >= 0.3 is 0 Å². The van der Waals surface area contributed by atoms with Gasteiger partial charge in [-0.2, -0.15) is 10.1 Å². The Hall–Kier alpha value is -4.46. The topological polar surface area (TPSA) is 86.6 Å². The molecule has 2 aliphatic heterocycles. The van der Waals surface area contributed by atoms with Gasteiger partial charge in [-0.25, -0.2) is 4.68 Å². The van der Waals surface area contributed by atoms with Crippen molar-refractivity contribution in [1.82, 2.24) is 14.8 Å². The molecule has 8 heteroatoms. The van der Waals surface area contributed by atoms with Crippen molar-refractivity contribution in [1.29, 1.82) is 0 Å². The van der Waals surface area contributed by atoms with E-state index in [0.29, 0.717) is 45.3 Å². The summed E-state index contributed by atoms with van der Waals surface area (Å²) in [6, 6.07) is 18.5. The Morgan fingerprint density at radius 2 is 1.68 bits per heavy atom. The Balaban J connectivity index is 1.67.